The average molecular weight is 330 g/mol. The molecule has 2 aromatic rings. The molecule has 0 fully saturated rings. The summed E-state index contributed by atoms with van der Waals surface area (Å²) in [5.74, 6) is 0.641. The van der Waals surface area contributed by atoms with Crippen LogP contribution in [0.2, 0.25) is 10.0 Å². The van der Waals surface area contributed by atoms with E-state index < -0.39 is 0 Å². The van der Waals surface area contributed by atoms with Gasteiger partial charge in [0.1, 0.15) is 11.9 Å². The Labute approximate surface area is 133 Å². The molecule has 2 atom stereocenters. The summed E-state index contributed by atoms with van der Waals surface area (Å²) in [6.45, 7) is 4.12. The van der Waals surface area contributed by atoms with Crippen molar-refractivity contribution in [3.8, 4) is 5.75 Å². The number of halogens is 2. The van der Waals surface area contributed by atoms with Crippen molar-refractivity contribution in [3.63, 3.8) is 0 Å². The molecule has 2 N–H and O–H groups in total. The summed E-state index contributed by atoms with van der Waals surface area (Å²) in [6.07, 6.45) is 0.642. The van der Waals surface area contributed by atoms with Crippen molar-refractivity contribution in [1.29, 1.82) is 0 Å². The van der Waals surface area contributed by atoms with Crippen molar-refractivity contribution in [2.24, 2.45) is 5.73 Å². The molecule has 0 amide bonds. The van der Waals surface area contributed by atoms with Crippen LogP contribution in [0.25, 0.3) is 0 Å². The zero-order valence-corrected chi connectivity index (χ0v) is 13.7. The van der Waals surface area contributed by atoms with Crippen molar-refractivity contribution in [2.75, 3.05) is 0 Å². The molecule has 0 saturated heterocycles. The Hall–Kier alpha value is -0.740. The molecule has 1 aromatic carbocycles. The van der Waals surface area contributed by atoms with E-state index in [4.69, 9.17) is 33.7 Å². The second-order valence-electron chi connectivity index (χ2n) is 4.66. The van der Waals surface area contributed by atoms with Crippen molar-refractivity contribution in [3.05, 3.63) is 50.1 Å². The summed E-state index contributed by atoms with van der Waals surface area (Å²) < 4.78 is 6.04. The highest BCUT2D eigenvalue weighted by Crippen LogP contribution is 2.32. The number of hydrogen-bond acceptors (Lipinski definition) is 3. The lowest BCUT2D eigenvalue weighted by atomic mass is 10.1. The Balaban J connectivity index is 2.28. The molecule has 20 heavy (non-hydrogen) atoms. The Bertz CT molecular complexity index is 565. The van der Waals surface area contributed by atoms with Gasteiger partial charge in [-0.25, -0.2) is 0 Å². The lowest BCUT2D eigenvalue weighted by Crippen LogP contribution is -2.30. The van der Waals surface area contributed by atoms with E-state index in [-0.39, 0.29) is 12.1 Å². The van der Waals surface area contributed by atoms with Gasteiger partial charge in [0, 0.05) is 25.8 Å². The van der Waals surface area contributed by atoms with Crippen molar-refractivity contribution >= 4 is 34.5 Å². The molecule has 1 aromatic heterocycles. The summed E-state index contributed by atoms with van der Waals surface area (Å²) in [7, 11) is 0. The molecule has 0 spiro atoms. The van der Waals surface area contributed by atoms with Crippen LogP contribution < -0.4 is 10.5 Å². The van der Waals surface area contributed by atoms with Crippen LogP contribution in [-0.2, 0) is 0 Å². The Kier molecular flexibility index (Phi) is 5.33. The van der Waals surface area contributed by atoms with E-state index >= 15 is 0 Å². The Morgan fingerprint density at radius 2 is 1.85 bits per heavy atom. The van der Waals surface area contributed by atoms with Gasteiger partial charge in [-0.3, -0.25) is 0 Å². The third kappa shape index (κ3) is 3.89. The smallest absolute Gasteiger partial charge is 0.148 e. The second-order valence-corrected chi connectivity index (χ2v) is 6.86. The fourth-order valence-electron chi connectivity index (χ4n) is 1.92. The van der Waals surface area contributed by atoms with Gasteiger partial charge in [-0.15, -0.1) is 11.3 Å². The zero-order chi connectivity index (χ0) is 14.7. The van der Waals surface area contributed by atoms with Crippen LogP contribution in [0.3, 0.4) is 0 Å². The van der Waals surface area contributed by atoms with Crippen molar-refractivity contribution < 1.29 is 4.74 Å². The maximum Gasteiger partial charge on any atom is 0.148 e. The SMILES string of the molecule is CCC(N)C(Oc1cc(Cl)cc(Cl)c1)c1ccc(C)s1. The molecule has 0 aliphatic carbocycles. The maximum atomic E-state index is 6.20. The number of rotatable bonds is 5. The number of hydrogen-bond donors (Lipinski definition) is 1. The summed E-state index contributed by atoms with van der Waals surface area (Å²) in [6, 6.07) is 9.24. The average Bonchev–Trinajstić information content (AvgIpc) is 2.80. The molecular formula is C15H17Cl2NOS. The lowest BCUT2D eigenvalue weighted by Gasteiger charge is -2.23. The normalized spacial score (nSPS) is 14.1. The van der Waals surface area contributed by atoms with Gasteiger partial charge >= 0.3 is 0 Å². The van der Waals surface area contributed by atoms with E-state index in [1.54, 1.807) is 29.5 Å². The summed E-state index contributed by atoms with van der Waals surface area (Å²) in [5.41, 5.74) is 6.20. The van der Waals surface area contributed by atoms with Gasteiger partial charge < -0.3 is 10.5 Å². The topological polar surface area (TPSA) is 35.2 Å². The van der Waals surface area contributed by atoms with Crippen molar-refractivity contribution in [2.45, 2.75) is 32.4 Å². The van der Waals surface area contributed by atoms with Gasteiger partial charge in [0.05, 0.1) is 0 Å². The minimum Gasteiger partial charge on any atom is -0.483 e. The summed E-state index contributed by atoms with van der Waals surface area (Å²) in [5, 5.41) is 1.11. The molecule has 2 rings (SSSR count). The monoisotopic (exact) mass is 329 g/mol. The standard InChI is InChI=1S/C15H17Cl2NOS/c1-3-13(18)15(14-5-4-9(2)20-14)19-12-7-10(16)6-11(17)8-12/h4-8,13,15H,3,18H2,1-2H3. The van der Waals surface area contributed by atoms with E-state index in [0.717, 1.165) is 11.3 Å². The molecule has 108 valence electrons. The third-order valence-corrected chi connectivity index (χ3v) is 4.50. The van der Waals surface area contributed by atoms with Gasteiger partial charge in [-0.2, -0.15) is 0 Å². The highest BCUT2D eigenvalue weighted by molar-refractivity contribution is 7.12. The van der Waals surface area contributed by atoms with Crippen LogP contribution in [0.1, 0.15) is 29.2 Å². The zero-order valence-electron chi connectivity index (χ0n) is 11.4. The van der Waals surface area contributed by atoms with Crippen LogP contribution in [-0.4, -0.2) is 6.04 Å². The fraction of sp³-hybridized carbons (Fsp3) is 0.333. The molecule has 0 bridgehead atoms. The fourth-order valence-corrected chi connectivity index (χ4v) is 3.41. The van der Waals surface area contributed by atoms with E-state index in [1.807, 2.05) is 6.92 Å². The predicted octanol–water partition coefficient (Wildman–Crippen LogP) is 5.22. The molecule has 2 unspecified atom stereocenters. The van der Waals surface area contributed by atoms with E-state index in [2.05, 4.69) is 19.1 Å². The summed E-state index contributed by atoms with van der Waals surface area (Å²) in [4.78, 5) is 2.36. The van der Waals surface area contributed by atoms with Crippen LogP contribution in [0, 0.1) is 6.92 Å². The van der Waals surface area contributed by atoms with Crippen LogP contribution in [0.15, 0.2) is 30.3 Å². The Morgan fingerprint density at radius 1 is 1.20 bits per heavy atom. The van der Waals surface area contributed by atoms with E-state index in [0.29, 0.717) is 15.8 Å². The maximum absolute atomic E-state index is 6.20. The van der Waals surface area contributed by atoms with E-state index in [9.17, 15) is 0 Å². The van der Waals surface area contributed by atoms with Gasteiger partial charge in [0.15, 0.2) is 0 Å². The molecule has 0 aliphatic rings. The number of nitrogens with two attached hydrogens (primary N) is 1. The largest absolute Gasteiger partial charge is 0.483 e. The summed E-state index contributed by atoms with van der Waals surface area (Å²) >= 11 is 13.7. The first-order valence-electron chi connectivity index (χ1n) is 6.44. The first-order chi connectivity index (χ1) is 9.49. The minimum absolute atomic E-state index is 0.0780. The molecule has 5 heteroatoms. The quantitative estimate of drug-likeness (QED) is 0.815. The van der Waals surface area contributed by atoms with Crippen LogP contribution in [0.4, 0.5) is 0 Å². The molecular weight excluding hydrogens is 313 g/mol. The van der Waals surface area contributed by atoms with Gasteiger partial charge in [0.25, 0.3) is 0 Å². The van der Waals surface area contributed by atoms with Gasteiger partial charge in [-0.05, 0) is 43.7 Å². The Morgan fingerprint density at radius 3 is 2.35 bits per heavy atom. The number of aryl methyl sites for hydroxylation is 1. The number of ether oxygens (including phenoxy) is 1. The van der Waals surface area contributed by atoms with Crippen LogP contribution in [0.5, 0.6) is 5.75 Å². The molecule has 0 aliphatic heterocycles. The van der Waals surface area contributed by atoms with Gasteiger partial charge in [-0.1, -0.05) is 30.1 Å². The first-order valence-corrected chi connectivity index (χ1v) is 8.01. The third-order valence-electron chi connectivity index (χ3n) is 3.00. The van der Waals surface area contributed by atoms with Crippen LogP contribution >= 0.6 is 34.5 Å². The predicted molar refractivity (Wildman–Crippen MR) is 87.2 cm³/mol. The lowest BCUT2D eigenvalue weighted by molar-refractivity contribution is 0.174. The molecule has 0 radical (unpaired) electrons. The highest BCUT2D eigenvalue weighted by atomic mass is 35.5. The first kappa shape index (κ1) is 15.6. The number of benzene rings is 1. The minimum atomic E-state index is -0.187. The highest BCUT2D eigenvalue weighted by Gasteiger charge is 2.22. The van der Waals surface area contributed by atoms with Gasteiger partial charge in [0.2, 0.25) is 0 Å². The molecule has 1 heterocycles. The number of thiophene rings is 1. The molecule has 2 nitrogen and oxygen atoms in total. The molecule has 0 saturated carbocycles. The van der Waals surface area contributed by atoms with E-state index in [1.165, 1.54) is 4.88 Å². The second kappa shape index (κ2) is 6.81. The van der Waals surface area contributed by atoms with Crippen molar-refractivity contribution in [1.82, 2.24) is 0 Å².